The molecule has 0 spiro atoms. The van der Waals surface area contributed by atoms with E-state index in [1.807, 2.05) is 37.3 Å². The lowest BCUT2D eigenvalue weighted by molar-refractivity contribution is -0.115. The smallest absolute Gasteiger partial charge is 0.330 e. The Morgan fingerprint density at radius 1 is 1.06 bits per heavy atom. The number of carbonyl (C=O) groups excluding carboxylic acids is 2. The third-order valence-electron chi connectivity index (χ3n) is 5.36. The maximum atomic E-state index is 13.7. The summed E-state index contributed by atoms with van der Waals surface area (Å²) in [5, 5.41) is 2.73. The van der Waals surface area contributed by atoms with Gasteiger partial charge in [0.2, 0.25) is 5.91 Å². The lowest BCUT2D eigenvalue weighted by Crippen LogP contribution is -2.41. The van der Waals surface area contributed by atoms with Crippen LogP contribution in [0.3, 0.4) is 0 Å². The minimum atomic E-state index is -0.741. The highest BCUT2D eigenvalue weighted by Crippen LogP contribution is 2.23. The van der Waals surface area contributed by atoms with Gasteiger partial charge in [0.1, 0.15) is 5.82 Å². The van der Waals surface area contributed by atoms with Gasteiger partial charge in [-0.25, -0.2) is 4.79 Å². The van der Waals surface area contributed by atoms with E-state index >= 15 is 0 Å². The van der Waals surface area contributed by atoms with E-state index in [1.165, 1.54) is 9.47 Å². The monoisotopic (exact) mass is 463 g/mol. The van der Waals surface area contributed by atoms with E-state index in [4.69, 9.17) is 5.73 Å². The lowest BCUT2D eigenvalue weighted by atomic mass is 10.1. The SMILES string of the molecule is CCCCn1c(N)c(N(Cc2ccccc2)C(=O)c2cccc(NC(=O)CC)c2)c(=O)[nH]c1=O. The molecule has 1 aromatic heterocycles. The van der Waals surface area contributed by atoms with Crippen molar-refractivity contribution in [1.29, 1.82) is 0 Å². The molecule has 9 heteroatoms. The van der Waals surface area contributed by atoms with Crippen LogP contribution < -0.4 is 27.2 Å². The van der Waals surface area contributed by atoms with Crippen molar-refractivity contribution in [3.63, 3.8) is 0 Å². The highest BCUT2D eigenvalue weighted by molar-refractivity contribution is 6.08. The van der Waals surface area contributed by atoms with E-state index < -0.39 is 17.2 Å². The highest BCUT2D eigenvalue weighted by Gasteiger charge is 2.26. The number of nitrogens with two attached hydrogens (primary N) is 1. The fourth-order valence-corrected chi connectivity index (χ4v) is 3.53. The van der Waals surface area contributed by atoms with Gasteiger partial charge in [-0.1, -0.05) is 56.7 Å². The minimum absolute atomic E-state index is 0.0600. The zero-order valence-electron chi connectivity index (χ0n) is 19.3. The van der Waals surface area contributed by atoms with Crippen molar-refractivity contribution in [2.45, 2.75) is 46.2 Å². The van der Waals surface area contributed by atoms with Gasteiger partial charge >= 0.3 is 5.69 Å². The van der Waals surface area contributed by atoms with Gasteiger partial charge in [0.15, 0.2) is 5.69 Å². The Hall–Kier alpha value is -4.14. The second-order valence-electron chi connectivity index (χ2n) is 7.86. The van der Waals surface area contributed by atoms with Crippen molar-refractivity contribution in [2.75, 3.05) is 16.0 Å². The summed E-state index contributed by atoms with van der Waals surface area (Å²) in [5.74, 6) is -0.745. The van der Waals surface area contributed by atoms with Crippen LogP contribution in [0.2, 0.25) is 0 Å². The molecule has 0 fully saturated rings. The van der Waals surface area contributed by atoms with Crippen LogP contribution >= 0.6 is 0 Å². The topological polar surface area (TPSA) is 130 Å². The van der Waals surface area contributed by atoms with Gasteiger partial charge in [0.05, 0.1) is 6.54 Å². The molecule has 0 bridgehead atoms. The number of nitrogen functional groups attached to an aromatic ring is 1. The van der Waals surface area contributed by atoms with E-state index in [1.54, 1.807) is 31.2 Å². The molecule has 0 radical (unpaired) electrons. The number of rotatable bonds is 9. The van der Waals surface area contributed by atoms with Gasteiger partial charge in [0, 0.05) is 24.2 Å². The Morgan fingerprint density at radius 3 is 2.47 bits per heavy atom. The normalized spacial score (nSPS) is 10.6. The van der Waals surface area contributed by atoms with Crippen molar-refractivity contribution in [3.05, 3.63) is 86.6 Å². The van der Waals surface area contributed by atoms with Crippen LogP contribution in [-0.4, -0.2) is 21.4 Å². The molecule has 0 aliphatic heterocycles. The average Bonchev–Trinajstić information content (AvgIpc) is 2.83. The Kier molecular flexibility index (Phi) is 8.02. The number of H-pyrrole nitrogens is 1. The Bertz CT molecular complexity index is 1280. The summed E-state index contributed by atoms with van der Waals surface area (Å²) in [6, 6.07) is 15.6. The van der Waals surface area contributed by atoms with Crippen molar-refractivity contribution in [3.8, 4) is 0 Å². The second kappa shape index (κ2) is 11.1. The number of benzene rings is 2. The quantitative estimate of drug-likeness (QED) is 0.449. The van der Waals surface area contributed by atoms with Gasteiger partial charge in [0.25, 0.3) is 11.5 Å². The Balaban J connectivity index is 2.11. The van der Waals surface area contributed by atoms with Crippen LogP contribution in [0.1, 0.15) is 49.0 Å². The Morgan fingerprint density at radius 2 is 1.79 bits per heavy atom. The van der Waals surface area contributed by atoms with Gasteiger partial charge in [-0.3, -0.25) is 28.8 Å². The number of unbranched alkanes of at least 4 members (excludes halogenated alkanes) is 1. The second-order valence-corrected chi connectivity index (χ2v) is 7.86. The summed E-state index contributed by atoms with van der Waals surface area (Å²) >= 11 is 0. The molecule has 3 aromatic rings. The molecule has 9 nitrogen and oxygen atoms in total. The molecule has 2 amide bonds. The van der Waals surface area contributed by atoms with E-state index in [2.05, 4.69) is 10.3 Å². The van der Waals surface area contributed by atoms with Crippen LogP contribution in [0, 0.1) is 0 Å². The summed E-state index contributed by atoms with van der Waals surface area (Å²) in [5.41, 5.74) is 6.35. The minimum Gasteiger partial charge on any atom is -0.383 e. The summed E-state index contributed by atoms with van der Waals surface area (Å²) in [6.07, 6.45) is 1.80. The highest BCUT2D eigenvalue weighted by atomic mass is 16.2. The zero-order valence-corrected chi connectivity index (χ0v) is 19.3. The molecule has 3 rings (SSSR count). The van der Waals surface area contributed by atoms with Crippen LogP contribution in [0.4, 0.5) is 17.2 Å². The number of nitrogens with one attached hydrogen (secondary N) is 2. The number of anilines is 3. The standard InChI is InChI=1S/C25H29N5O4/c1-3-5-14-29-22(26)21(23(32)28-25(29)34)30(16-17-10-7-6-8-11-17)24(33)18-12-9-13-19(15-18)27-20(31)4-2/h6-13,15H,3-5,14,16,26H2,1-2H3,(H,27,31)(H,28,32,34). The van der Waals surface area contributed by atoms with E-state index in [0.717, 1.165) is 12.0 Å². The fraction of sp³-hybridized carbons (Fsp3) is 0.280. The molecule has 178 valence electrons. The van der Waals surface area contributed by atoms with Crippen LogP contribution in [0.5, 0.6) is 0 Å². The molecule has 34 heavy (non-hydrogen) atoms. The largest absolute Gasteiger partial charge is 0.383 e. The summed E-state index contributed by atoms with van der Waals surface area (Å²) in [4.78, 5) is 54.4. The number of aromatic amines is 1. The van der Waals surface area contributed by atoms with Crippen molar-refractivity contribution < 1.29 is 9.59 Å². The first-order valence-electron chi connectivity index (χ1n) is 11.2. The molecule has 0 aliphatic rings. The number of hydrogen-bond donors (Lipinski definition) is 3. The number of amides is 2. The van der Waals surface area contributed by atoms with Gasteiger partial charge in [-0.05, 0) is 30.2 Å². The van der Waals surface area contributed by atoms with Crippen molar-refractivity contribution in [1.82, 2.24) is 9.55 Å². The van der Waals surface area contributed by atoms with Crippen LogP contribution in [0.25, 0.3) is 0 Å². The van der Waals surface area contributed by atoms with E-state index in [-0.39, 0.29) is 29.5 Å². The molecule has 0 aliphatic carbocycles. The average molecular weight is 464 g/mol. The first-order valence-corrected chi connectivity index (χ1v) is 11.2. The van der Waals surface area contributed by atoms with Crippen LogP contribution in [-0.2, 0) is 17.9 Å². The van der Waals surface area contributed by atoms with Crippen molar-refractivity contribution >= 4 is 29.0 Å². The third kappa shape index (κ3) is 5.61. The molecule has 0 saturated carbocycles. The third-order valence-corrected chi connectivity index (χ3v) is 5.36. The van der Waals surface area contributed by atoms with Gasteiger partial charge < -0.3 is 11.1 Å². The fourth-order valence-electron chi connectivity index (χ4n) is 3.53. The van der Waals surface area contributed by atoms with Crippen molar-refractivity contribution in [2.24, 2.45) is 0 Å². The van der Waals surface area contributed by atoms with Gasteiger partial charge in [-0.2, -0.15) is 0 Å². The number of nitrogens with zero attached hydrogens (tertiary/aromatic N) is 2. The molecule has 0 atom stereocenters. The first-order chi connectivity index (χ1) is 16.3. The Labute approximate surface area is 197 Å². The van der Waals surface area contributed by atoms with Gasteiger partial charge in [-0.15, -0.1) is 0 Å². The molecule has 4 N–H and O–H groups in total. The summed E-state index contributed by atoms with van der Waals surface area (Å²) in [6.45, 7) is 4.08. The molecular weight excluding hydrogens is 434 g/mol. The first kappa shape index (κ1) is 24.5. The molecular formula is C25H29N5O4. The lowest BCUT2D eigenvalue weighted by Gasteiger charge is -2.25. The molecule has 2 aromatic carbocycles. The van der Waals surface area contributed by atoms with Crippen LogP contribution in [0.15, 0.2) is 64.2 Å². The number of aromatic nitrogens is 2. The number of carbonyl (C=O) groups is 2. The maximum absolute atomic E-state index is 13.7. The number of hydrogen-bond acceptors (Lipinski definition) is 5. The summed E-state index contributed by atoms with van der Waals surface area (Å²) < 4.78 is 1.28. The molecule has 1 heterocycles. The predicted molar refractivity (Wildman–Crippen MR) is 133 cm³/mol. The maximum Gasteiger partial charge on any atom is 0.330 e. The zero-order chi connectivity index (χ0) is 24.7. The van der Waals surface area contributed by atoms with E-state index in [0.29, 0.717) is 25.1 Å². The van der Waals surface area contributed by atoms with E-state index in [9.17, 15) is 19.2 Å². The summed E-state index contributed by atoms with van der Waals surface area (Å²) in [7, 11) is 0. The predicted octanol–water partition coefficient (Wildman–Crippen LogP) is 3.11. The molecule has 0 unspecified atom stereocenters. The molecule has 0 saturated heterocycles.